The fourth-order valence-corrected chi connectivity index (χ4v) is 1.84. The van der Waals surface area contributed by atoms with Crippen molar-refractivity contribution in [2.45, 2.75) is 45.3 Å². The van der Waals surface area contributed by atoms with Gasteiger partial charge in [-0.2, -0.15) is 10.3 Å². The third-order valence-corrected chi connectivity index (χ3v) is 2.54. The Morgan fingerprint density at radius 1 is 1.61 bits per heavy atom. The van der Waals surface area contributed by atoms with Gasteiger partial charge >= 0.3 is 6.09 Å². The molecule has 1 rings (SSSR count). The Balaban J connectivity index is 2.79. The molecule has 1 unspecified atom stereocenters. The lowest BCUT2D eigenvalue weighted by molar-refractivity contribution is -0.114. The molecule has 1 saturated heterocycles. The quantitative estimate of drug-likeness (QED) is 0.709. The second-order valence-electron chi connectivity index (χ2n) is 5.18. The largest absolute Gasteiger partial charge is 0.443 e. The van der Waals surface area contributed by atoms with Crippen molar-refractivity contribution in [3.63, 3.8) is 0 Å². The van der Waals surface area contributed by atoms with E-state index < -0.39 is 11.7 Å². The highest BCUT2D eigenvalue weighted by Crippen LogP contribution is 2.20. The van der Waals surface area contributed by atoms with Crippen molar-refractivity contribution in [3.8, 4) is 6.07 Å². The normalized spacial score (nSPS) is 20.2. The number of ether oxygens (including phenoxy) is 1. The summed E-state index contributed by atoms with van der Waals surface area (Å²) in [4.78, 5) is 22.7. The van der Waals surface area contributed by atoms with Gasteiger partial charge < -0.3 is 9.53 Å². The van der Waals surface area contributed by atoms with Crippen LogP contribution in [0.5, 0.6) is 0 Å². The molecular weight excluding hydrogens is 234 g/mol. The molecule has 0 spiro atoms. The van der Waals surface area contributed by atoms with E-state index in [1.54, 1.807) is 25.8 Å². The highest BCUT2D eigenvalue weighted by molar-refractivity contribution is 5.71. The molecule has 0 aromatic carbocycles. The van der Waals surface area contributed by atoms with Gasteiger partial charge in [0.1, 0.15) is 17.9 Å². The number of nitriles is 1. The fraction of sp³-hybridized carbons (Fsp3) is 0.750. The molecule has 0 aliphatic carbocycles. The standard InChI is InChI=1S/C12H19N3O3/c1-12(2,3)18-11(17)15(7-8-16)14-6-4-5-10(14)9-13/h8,10H,4-7H2,1-3H3. The van der Waals surface area contributed by atoms with Crippen LogP contribution in [-0.2, 0) is 9.53 Å². The Kier molecular flexibility index (Phi) is 4.68. The van der Waals surface area contributed by atoms with Gasteiger partial charge in [-0.15, -0.1) is 0 Å². The zero-order valence-electron chi connectivity index (χ0n) is 11.0. The van der Waals surface area contributed by atoms with E-state index in [-0.39, 0.29) is 12.6 Å². The summed E-state index contributed by atoms with van der Waals surface area (Å²) in [5.41, 5.74) is -0.625. The second kappa shape index (κ2) is 5.83. The van der Waals surface area contributed by atoms with Crippen LogP contribution in [0.2, 0.25) is 0 Å². The van der Waals surface area contributed by atoms with Gasteiger partial charge in [0.15, 0.2) is 0 Å². The molecule has 6 nitrogen and oxygen atoms in total. The van der Waals surface area contributed by atoms with Crippen LogP contribution in [0.25, 0.3) is 0 Å². The van der Waals surface area contributed by atoms with Gasteiger partial charge in [-0.05, 0) is 33.6 Å². The Hall–Kier alpha value is -1.61. The third-order valence-electron chi connectivity index (χ3n) is 2.54. The van der Waals surface area contributed by atoms with Crippen molar-refractivity contribution in [2.24, 2.45) is 0 Å². The molecule has 1 amide bonds. The van der Waals surface area contributed by atoms with Crippen LogP contribution in [0.3, 0.4) is 0 Å². The fourth-order valence-electron chi connectivity index (χ4n) is 1.84. The third kappa shape index (κ3) is 3.70. The van der Waals surface area contributed by atoms with Gasteiger partial charge in [-0.3, -0.25) is 0 Å². The van der Waals surface area contributed by atoms with Crippen LogP contribution in [-0.4, -0.2) is 47.1 Å². The molecule has 0 aromatic rings. The second-order valence-corrected chi connectivity index (χ2v) is 5.18. The smallest absolute Gasteiger partial charge is 0.425 e. The number of hydrazine groups is 1. The maximum absolute atomic E-state index is 12.0. The number of aldehydes is 1. The Bertz CT molecular complexity index is 357. The minimum Gasteiger partial charge on any atom is -0.443 e. The molecule has 1 fully saturated rings. The molecule has 1 aliphatic rings. The van der Waals surface area contributed by atoms with Gasteiger partial charge in [0, 0.05) is 6.54 Å². The maximum Gasteiger partial charge on any atom is 0.425 e. The summed E-state index contributed by atoms with van der Waals surface area (Å²) < 4.78 is 5.23. The number of rotatable bonds is 3. The van der Waals surface area contributed by atoms with E-state index in [9.17, 15) is 9.59 Å². The van der Waals surface area contributed by atoms with Crippen LogP contribution >= 0.6 is 0 Å². The lowest BCUT2D eigenvalue weighted by atomic mass is 10.2. The molecule has 1 aliphatic heterocycles. The Labute approximate surface area is 107 Å². The average Bonchev–Trinajstić information content (AvgIpc) is 2.70. The Morgan fingerprint density at radius 3 is 2.78 bits per heavy atom. The van der Waals surface area contributed by atoms with Crippen LogP contribution in [0.15, 0.2) is 0 Å². The summed E-state index contributed by atoms with van der Waals surface area (Å²) in [6.45, 7) is 5.78. The monoisotopic (exact) mass is 253 g/mol. The predicted molar refractivity (Wildman–Crippen MR) is 64.3 cm³/mol. The molecule has 0 aromatic heterocycles. The summed E-state index contributed by atoms with van der Waals surface area (Å²) in [7, 11) is 0. The van der Waals surface area contributed by atoms with E-state index in [1.165, 1.54) is 5.01 Å². The number of hydrogen-bond donors (Lipinski definition) is 0. The van der Waals surface area contributed by atoms with Crippen molar-refractivity contribution >= 4 is 12.4 Å². The molecule has 0 N–H and O–H groups in total. The first-order valence-electron chi connectivity index (χ1n) is 5.99. The first-order valence-corrected chi connectivity index (χ1v) is 5.99. The summed E-state index contributed by atoms with van der Waals surface area (Å²) in [6, 6.07) is 1.77. The minimum atomic E-state index is -0.625. The summed E-state index contributed by atoms with van der Waals surface area (Å²) in [5.74, 6) is 0. The molecule has 6 heteroatoms. The molecule has 18 heavy (non-hydrogen) atoms. The van der Waals surface area contributed by atoms with E-state index in [2.05, 4.69) is 6.07 Å². The van der Waals surface area contributed by atoms with Crippen molar-refractivity contribution in [1.82, 2.24) is 10.0 Å². The number of carbonyl (C=O) groups excluding carboxylic acids is 2. The van der Waals surface area contributed by atoms with Gasteiger partial charge in [-0.1, -0.05) is 0 Å². The van der Waals surface area contributed by atoms with Gasteiger partial charge in [0.25, 0.3) is 0 Å². The Morgan fingerprint density at radius 2 is 2.28 bits per heavy atom. The molecular formula is C12H19N3O3. The van der Waals surface area contributed by atoms with Crippen molar-refractivity contribution in [1.29, 1.82) is 5.26 Å². The lowest BCUT2D eigenvalue weighted by Gasteiger charge is -2.33. The van der Waals surface area contributed by atoms with E-state index in [0.29, 0.717) is 19.3 Å². The van der Waals surface area contributed by atoms with Crippen LogP contribution in [0.1, 0.15) is 33.6 Å². The minimum absolute atomic E-state index is 0.0902. The zero-order valence-corrected chi connectivity index (χ0v) is 11.0. The number of hydrogen-bond acceptors (Lipinski definition) is 5. The van der Waals surface area contributed by atoms with E-state index in [0.717, 1.165) is 6.42 Å². The maximum atomic E-state index is 12.0. The van der Waals surface area contributed by atoms with Crippen molar-refractivity contribution in [3.05, 3.63) is 0 Å². The molecule has 0 radical (unpaired) electrons. The highest BCUT2D eigenvalue weighted by atomic mass is 16.6. The van der Waals surface area contributed by atoms with Crippen LogP contribution < -0.4 is 0 Å². The van der Waals surface area contributed by atoms with Gasteiger partial charge in [0.05, 0.1) is 12.6 Å². The number of amides is 1. The summed E-state index contributed by atoms with van der Waals surface area (Å²) in [5, 5.41) is 11.8. The van der Waals surface area contributed by atoms with Crippen LogP contribution in [0, 0.1) is 11.3 Å². The lowest BCUT2D eigenvalue weighted by Crippen LogP contribution is -2.51. The molecule has 1 atom stereocenters. The molecule has 0 saturated carbocycles. The highest BCUT2D eigenvalue weighted by Gasteiger charge is 2.34. The first kappa shape index (κ1) is 14.5. The van der Waals surface area contributed by atoms with E-state index in [1.807, 2.05) is 0 Å². The summed E-state index contributed by atoms with van der Waals surface area (Å²) in [6.07, 6.45) is 1.58. The number of nitrogens with zero attached hydrogens (tertiary/aromatic N) is 3. The predicted octanol–water partition coefficient (Wildman–Crippen LogP) is 1.33. The molecule has 100 valence electrons. The SMILES string of the molecule is CC(C)(C)OC(=O)N(CC=O)N1CCCC1C#N. The summed E-state index contributed by atoms with van der Waals surface area (Å²) >= 11 is 0. The van der Waals surface area contributed by atoms with E-state index in [4.69, 9.17) is 10.00 Å². The van der Waals surface area contributed by atoms with Gasteiger partial charge in [0.2, 0.25) is 0 Å². The van der Waals surface area contributed by atoms with Crippen LogP contribution in [0.4, 0.5) is 4.79 Å². The van der Waals surface area contributed by atoms with Gasteiger partial charge in [-0.25, -0.2) is 9.80 Å². The molecule has 1 heterocycles. The molecule has 0 bridgehead atoms. The van der Waals surface area contributed by atoms with Crippen molar-refractivity contribution < 1.29 is 14.3 Å². The van der Waals surface area contributed by atoms with Crippen molar-refractivity contribution in [2.75, 3.05) is 13.1 Å². The topological polar surface area (TPSA) is 73.6 Å². The zero-order chi connectivity index (χ0) is 13.8. The first-order chi connectivity index (χ1) is 8.39. The number of carbonyl (C=O) groups is 2. The average molecular weight is 253 g/mol. The van der Waals surface area contributed by atoms with E-state index >= 15 is 0 Å².